The maximum atomic E-state index is 4.10. The van der Waals surface area contributed by atoms with Gasteiger partial charge in [-0.2, -0.15) is 0 Å². The Hall–Kier alpha value is -9.50. The van der Waals surface area contributed by atoms with E-state index in [0.717, 1.165) is 52.3 Å². The molecule has 0 saturated heterocycles. The lowest BCUT2D eigenvalue weighted by atomic mass is 9.69. The number of aromatic nitrogens is 1. The van der Waals surface area contributed by atoms with Crippen LogP contribution >= 0.6 is 0 Å². The van der Waals surface area contributed by atoms with Crippen LogP contribution in [0, 0.1) is 0 Å². The van der Waals surface area contributed by atoms with E-state index in [2.05, 4.69) is 290 Å². The van der Waals surface area contributed by atoms with Crippen LogP contribution in [0.1, 0.15) is 61.1 Å². The van der Waals surface area contributed by atoms with E-state index in [-0.39, 0.29) is 0 Å². The number of hydrogen-bond donors (Lipinski definition) is 0. The molecule has 0 radical (unpaired) electrons. The summed E-state index contributed by atoms with van der Waals surface area (Å²) in [5, 5.41) is 2.51. The molecule has 2 heteroatoms. The molecule has 13 rings (SSSR count). The van der Waals surface area contributed by atoms with E-state index in [1.54, 1.807) is 0 Å². The zero-order valence-corrected chi connectivity index (χ0v) is 45.8. The lowest BCUT2D eigenvalue weighted by Gasteiger charge is -2.34. The van der Waals surface area contributed by atoms with Crippen molar-refractivity contribution in [3.05, 3.63) is 313 Å². The van der Waals surface area contributed by atoms with E-state index in [4.69, 9.17) is 0 Å². The first-order valence-corrected chi connectivity index (χ1v) is 28.0. The van der Waals surface area contributed by atoms with Crippen molar-refractivity contribution in [2.24, 2.45) is 0 Å². The highest BCUT2D eigenvalue weighted by molar-refractivity contribution is 6.09. The molecule has 0 N–H and O–H groups in total. The highest BCUT2D eigenvalue weighted by Crippen LogP contribution is 2.55. The number of fused-ring (bicyclic) bond motifs is 6. The van der Waals surface area contributed by atoms with Gasteiger partial charge >= 0.3 is 0 Å². The summed E-state index contributed by atoms with van der Waals surface area (Å²) in [5.74, 6) is 0. The molecule has 12 aromatic rings. The zero-order chi connectivity index (χ0) is 54.3. The molecule has 0 amide bonds. The fraction of sp³-hybridized carbons (Fsp3) is 0.0909. The van der Waals surface area contributed by atoms with Gasteiger partial charge in [0.05, 0.1) is 11.0 Å². The van der Waals surface area contributed by atoms with Crippen LogP contribution in [0.25, 0.3) is 84.2 Å². The molecule has 1 aromatic heterocycles. The first kappa shape index (κ1) is 51.6. The number of nitrogens with zero attached hydrogens (tertiary/aromatic N) is 2. The molecule has 1 aliphatic carbocycles. The van der Waals surface area contributed by atoms with Crippen molar-refractivity contribution in [1.29, 1.82) is 0 Å². The van der Waals surface area contributed by atoms with Crippen LogP contribution in [0.4, 0.5) is 17.1 Å². The Balaban J connectivity index is 0.00000162. The minimum Gasteiger partial charge on any atom is -0.310 e. The second-order valence-electron chi connectivity index (χ2n) is 19.9. The maximum absolute atomic E-state index is 4.10. The van der Waals surface area contributed by atoms with Gasteiger partial charge < -0.3 is 9.47 Å². The van der Waals surface area contributed by atoms with Gasteiger partial charge in [0, 0.05) is 38.9 Å². The molecule has 0 bridgehead atoms. The first-order chi connectivity index (χ1) is 39.0. The van der Waals surface area contributed by atoms with Gasteiger partial charge in [-0.1, -0.05) is 241 Å². The van der Waals surface area contributed by atoms with E-state index < -0.39 is 5.41 Å². The van der Waals surface area contributed by atoms with Crippen LogP contribution in [-0.4, -0.2) is 4.57 Å². The second kappa shape index (κ2) is 23.0. The smallest absolute Gasteiger partial charge is 0.0541 e. The summed E-state index contributed by atoms with van der Waals surface area (Å²) in [5.41, 5.74) is 23.5. The highest BCUT2D eigenvalue weighted by Gasteiger charge is 2.44. The molecular formula is C77H66N2. The molecule has 0 saturated carbocycles. The molecule has 0 spiro atoms. The van der Waals surface area contributed by atoms with E-state index in [1.165, 1.54) is 83.0 Å². The molecule has 79 heavy (non-hydrogen) atoms. The predicted octanol–water partition coefficient (Wildman–Crippen LogP) is 21.3. The van der Waals surface area contributed by atoms with Crippen molar-refractivity contribution in [1.82, 2.24) is 4.57 Å². The number of hydrogen-bond acceptors (Lipinski definition) is 1. The van der Waals surface area contributed by atoms with Gasteiger partial charge in [0.2, 0.25) is 0 Å². The number of anilines is 3. The third-order valence-corrected chi connectivity index (χ3v) is 15.5. The van der Waals surface area contributed by atoms with Crippen molar-refractivity contribution < 1.29 is 0 Å². The summed E-state index contributed by atoms with van der Waals surface area (Å²) < 4.78 is 2.46. The zero-order valence-electron chi connectivity index (χ0n) is 45.8. The normalized spacial score (nSPS) is 11.8. The number of benzene rings is 11. The van der Waals surface area contributed by atoms with Crippen molar-refractivity contribution in [3.63, 3.8) is 0 Å². The van der Waals surface area contributed by atoms with Crippen molar-refractivity contribution in [3.8, 4) is 50.2 Å². The van der Waals surface area contributed by atoms with Crippen molar-refractivity contribution >= 4 is 51.0 Å². The largest absolute Gasteiger partial charge is 0.310 e. The number of para-hydroxylation sites is 3. The van der Waals surface area contributed by atoms with Crippen LogP contribution in [0.3, 0.4) is 0 Å². The molecule has 1 aliphatic rings. The lowest BCUT2D eigenvalue weighted by molar-refractivity contribution is 0.520. The van der Waals surface area contributed by atoms with E-state index in [1.807, 2.05) is 39.8 Å². The summed E-state index contributed by atoms with van der Waals surface area (Å²) in [6.45, 7) is 16.2. The Bertz CT molecular complexity index is 3890. The van der Waals surface area contributed by atoms with Crippen LogP contribution in [0.2, 0.25) is 0 Å². The molecular weight excluding hydrogens is 953 g/mol. The standard InChI is InChI=1S/C73H54N2.2C2H6/c1-3-51-28-32-53(33-29-51)49-73(50-54-34-30-52(4-2)31-35-54)69-47-63(40-42-65(69)66-43-41-64(48-70(66)73)75-71-26-16-14-24-67(71)68-25-15-17-27-72(68)75)74(61-22-12-7-13-23-61)62-38-36-57(37-39-62)60-45-58(55-18-8-5-9-19-55)44-59(46-60)56-20-10-6-11-21-56;2*1-2/h3-48H,1-2,49-50H2;2*1-2H3. The lowest BCUT2D eigenvalue weighted by Crippen LogP contribution is -2.31. The quantitative estimate of drug-likeness (QED) is 0.112. The fourth-order valence-electron chi connectivity index (χ4n) is 11.8. The fourth-order valence-corrected chi connectivity index (χ4v) is 11.8. The van der Waals surface area contributed by atoms with Gasteiger partial charge in [-0.3, -0.25) is 0 Å². The Morgan fingerprint density at radius 3 is 1.23 bits per heavy atom. The van der Waals surface area contributed by atoms with Gasteiger partial charge in [-0.15, -0.1) is 0 Å². The summed E-state index contributed by atoms with van der Waals surface area (Å²) in [4.78, 5) is 2.43. The van der Waals surface area contributed by atoms with Crippen LogP contribution in [-0.2, 0) is 18.3 Å². The Kier molecular flexibility index (Phi) is 15.0. The molecule has 0 fully saturated rings. The summed E-state index contributed by atoms with van der Waals surface area (Å²) >= 11 is 0. The first-order valence-electron chi connectivity index (χ1n) is 28.0. The average Bonchev–Trinajstić information content (AvgIpc) is 4.24. The van der Waals surface area contributed by atoms with E-state index in [0.29, 0.717) is 0 Å². The topological polar surface area (TPSA) is 8.17 Å². The van der Waals surface area contributed by atoms with E-state index >= 15 is 0 Å². The molecule has 0 unspecified atom stereocenters. The third kappa shape index (κ3) is 9.95. The molecule has 384 valence electrons. The molecule has 1 heterocycles. The Morgan fingerprint density at radius 1 is 0.354 bits per heavy atom. The summed E-state index contributed by atoms with van der Waals surface area (Å²) in [7, 11) is 0. The van der Waals surface area contributed by atoms with Crippen LogP contribution in [0.5, 0.6) is 0 Å². The van der Waals surface area contributed by atoms with Gasteiger partial charge in [0.1, 0.15) is 0 Å². The molecule has 2 nitrogen and oxygen atoms in total. The predicted molar refractivity (Wildman–Crippen MR) is 341 cm³/mol. The maximum Gasteiger partial charge on any atom is 0.0541 e. The summed E-state index contributed by atoms with van der Waals surface area (Å²) in [6, 6.07) is 98.4. The SMILES string of the molecule is C=Cc1ccc(CC2(Cc3ccc(C=C)cc3)c3cc(N(c4ccccc4)c4ccc(-c5cc(-c6ccccc6)cc(-c6ccccc6)c5)cc4)ccc3-c3ccc(-n4c5ccccc5c5ccccc54)cc32)cc1.CC.CC. The second-order valence-corrected chi connectivity index (χ2v) is 19.9. The van der Waals surface area contributed by atoms with Gasteiger partial charge in [0.25, 0.3) is 0 Å². The monoisotopic (exact) mass is 1020 g/mol. The van der Waals surface area contributed by atoms with Crippen LogP contribution < -0.4 is 4.90 Å². The molecule has 0 aliphatic heterocycles. The average molecular weight is 1020 g/mol. The minimum atomic E-state index is -0.465. The number of rotatable bonds is 13. The van der Waals surface area contributed by atoms with Gasteiger partial charge in [-0.25, -0.2) is 0 Å². The van der Waals surface area contributed by atoms with Crippen molar-refractivity contribution in [2.75, 3.05) is 4.90 Å². The molecule has 11 aromatic carbocycles. The minimum absolute atomic E-state index is 0.465. The third-order valence-electron chi connectivity index (χ3n) is 15.5. The van der Waals surface area contributed by atoms with Gasteiger partial charge in [0.15, 0.2) is 0 Å². The van der Waals surface area contributed by atoms with E-state index in [9.17, 15) is 0 Å². The Morgan fingerprint density at radius 2 is 0.747 bits per heavy atom. The van der Waals surface area contributed by atoms with Gasteiger partial charge in [-0.05, 0) is 170 Å². The Labute approximate surface area is 467 Å². The summed E-state index contributed by atoms with van der Waals surface area (Å²) in [6.07, 6.45) is 5.45. The highest BCUT2D eigenvalue weighted by atomic mass is 15.1. The van der Waals surface area contributed by atoms with Crippen molar-refractivity contribution in [2.45, 2.75) is 46.0 Å². The van der Waals surface area contributed by atoms with Crippen LogP contribution in [0.15, 0.2) is 280 Å². The molecule has 0 atom stereocenters.